The normalized spacial score (nSPS) is 13.8. The van der Waals surface area contributed by atoms with Gasteiger partial charge in [0.15, 0.2) is 0 Å². The zero-order valence-corrected chi connectivity index (χ0v) is 18.8. The summed E-state index contributed by atoms with van der Waals surface area (Å²) in [5, 5.41) is 9.75. The third-order valence-corrected chi connectivity index (χ3v) is 5.48. The lowest BCUT2D eigenvalue weighted by Gasteiger charge is -2.15. The first-order chi connectivity index (χ1) is 16.1. The number of hydrogen-bond donors (Lipinski definition) is 3. The molecule has 0 radical (unpaired) electrons. The molecule has 0 spiro atoms. The van der Waals surface area contributed by atoms with E-state index in [1.165, 1.54) is 12.7 Å². The number of methoxy groups -OCH3 is 1. The summed E-state index contributed by atoms with van der Waals surface area (Å²) < 4.78 is 4.81. The average Bonchev–Trinajstić information content (AvgIpc) is 3.18. The number of nitrogens with one attached hydrogen (secondary N) is 3. The van der Waals surface area contributed by atoms with E-state index in [1.54, 1.807) is 18.2 Å². The van der Waals surface area contributed by atoms with Gasteiger partial charge in [0.25, 0.3) is 5.91 Å². The summed E-state index contributed by atoms with van der Waals surface area (Å²) in [4.78, 5) is 25.0. The molecule has 0 saturated heterocycles. The van der Waals surface area contributed by atoms with Gasteiger partial charge in [0.1, 0.15) is 0 Å². The molecular formula is C27H27N3O3. The number of hydrogen-bond acceptors (Lipinski definition) is 5. The van der Waals surface area contributed by atoms with Gasteiger partial charge in [0.2, 0.25) is 0 Å². The molecule has 3 N–H and O–H groups in total. The Bertz CT molecular complexity index is 1180. The molecule has 6 nitrogen and oxygen atoms in total. The summed E-state index contributed by atoms with van der Waals surface area (Å²) in [5.41, 5.74) is 5.91. The topological polar surface area (TPSA) is 79.5 Å². The number of rotatable bonds is 8. The van der Waals surface area contributed by atoms with Crippen LogP contribution in [0.2, 0.25) is 0 Å². The van der Waals surface area contributed by atoms with E-state index in [-0.39, 0.29) is 5.91 Å². The van der Waals surface area contributed by atoms with Gasteiger partial charge in [-0.15, -0.1) is 0 Å². The van der Waals surface area contributed by atoms with E-state index < -0.39 is 5.97 Å². The summed E-state index contributed by atoms with van der Waals surface area (Å²) in [6.45, 7) is 3.95. The molecular weight excluding hydrogens is 414 g/mol. The molecule has 4 rings (SSSR count). The highest BCUT2D eigenvalue weighted by Crippen LogP contribution is 2.38. The Morgan fingerprint density at radius 1 is 0.970 bits per heavy atom. The van der Waals surface area contributed by atoms with E-state index in [9.17, 15) is 9.59 Å². The molecule has 0 bridgehead atoms. The fourth-order valence-corrected chi connectivity index (χ4v) is 3.81. The standard InChI is InChI=1S/C27H27N3O3/c1-3-15-28-17-18-9-12-21(13-10-18)29-25(19-7-5-4-6-8-19)24-22-14-11-20(27(32)33-2)16-23(22)30-26(24)31/h4-14,16,28-29H,3,15,17H2,1-2H3,(H,30,31)/b25-24-. The first kappa shape index (κ1) is 22.3. The minimum absolute atomic E-state index is 0.223. The Labute approximate surface area is 193 Å². The number of carbonyl (C=O) groups excluding carboxylic acids is 2. The molecule has 3 aromatic rings. The molecule has 6 heteroatoms. The average molecular weight is 442 g/mol. The number of esters is 1. The second-order valence-corrected chi connectivity index (χ2v) is 7.82. The van der Waals surface area contributed by atoms with Gasteiger partial charge in [-0.3, -0.25) is 4.79 Å². The lowest BCUT2D eigenvalue weighted by molar-refractivity contribution is -0.110. The van der Waals surface area contributed by atoms with Gasteiger partial charge in [-0.05, 0) is 48.4 Å². The molecule has 0 saturated carbocycles. The third kappa shape index (κ3) is 4.96. The maximum absolute atomic E-state index is 13.1. The highest BCUT2D eigenvalue weighted by Gasteiger charge is 2.29. The van der Waals surface area contributed by atoms with Crippen LogP contribution >= 0.6 is 0 Å². The van der Waals surface area contributed by atoms with Crippen LogP contribution in [0.15, 0.2) is 72.8 Å². The summed E-state index contributed by atoms with van der Waals surface area (Å²) in [5.74, 6) is -0.668. The first-order valence-electron chi connectivity index (χ1n) is 11.0. The zero-order chi connectivity index (χ0) is 23.2. The molecule has 0 aliphatic carbocycles. The molecule has 0 aromatic heterocycles. The van der Waals surface area contributed by atoms with E-state index >= 15 is 0 Å². The van der Waals surface area contributed by atoms with Crippen LogP contribution in [0.4, 0.5) is 11.4 Å². The summed E-state index contributed by atoms with van der Waals surface area (Å²) >= 11 is 0. The quantitative estimate of drug-likeness (QED) is 0.263. The van der Waals surface area contributed by atoms with Crippen molar-refractivity contribution >= 4 is 34.5 Å². The lowest BCUT2D eigenvalue weighted by atomic mass is 9.99. The SMILES string of the molecule is CCCNCc1ccc(N/C(=C2\C(=O)Nc3cc(C(=O)OC)ccc32)c2ccccc2)cc1. The Morgan fingerprint density at radius 2 is 1.73 bits per heavy atom. The summed E-state index contributed by atoms with van der Waals surface area (Å²) in [6, 6.07) is 23.0. The van der Waals surface area contributed by atoms with E-state index in [2.05, 4.69) is 35.0 Å². The second-order valence-electron chi connectivity index (χ2n) is 7.82. The smallest absolute Gasteiger partial charge is 0.337 e. The van der Waals surface area contributed by atoms with Crippen LogP contribution in [0.3, 0.4) is 0 Å². The van der Waals surface area contributed by atoms with Crippen LogP contribution in [0.25, 0.3) is 11.3 Å². The maximum atomic E-state index is 13.1. The van der Waals surface area contributed by atoms with Crippen LogP contribution in [-0.2, 0) is 16.1 Å². The highest BCUT2D eigenvalue weighted by molar-refractivity contribution is 6.37. The van der Waals surface area contributed by atoms with Gasteiger partial charge >= 0.3 is 5.97 Å². The van der Waals surface area contributed by atoms with Gasteiger partial charge in [0.05, 0.1) is 29.6 Å². The van der Waals surface area contributed by atoms with Crippen molar-refractivity contribution in [3.05, 3.63) is 95.1 Å². The van der Waals surface area contributed by atoms with Crippen molar-refractivity contribution in [2.45, 2.75) is 19.9 Å². The van der Waals surface area contributed by atoms with Gasteiger partial charge in [-0.2, -0.15) is 0 Å². The van der Waals surface area contributed by atoms with Crippen molar-refractivity contribution in [3.8, 4) is 0 Å². The number of carbonyl (C=O) groups is 2. The molecule has 1 aliphatic rings. The Kier molecular flexibility index (Phi) is 6.86. The molecule has 33 heavy (non-hydrogen) atoms. The Morgan fingerprint density at radius 3 is 2.42 bits per heavy atom. The zero-order valence-electron chi connectivity index (χ0n) is 18.8. The number of benzene rings is 3. The van der Waals surface area contributed by atoms with Crippen molar-refractivity contribution in [1.82, 2.24) is 5.32 Å². The van der Waals surface area contributed by atoms with Crippen molar-refractivity contribution in [2.24, 2.45) is 0 Å². The van der Waals surface area contributed by atoms with Gasteiger partial charge in [0, 0.05) is 17.8 Å². The van der Waals surface area contributed by atoms with Gasteiger partial charge in [-0.25, -0.2) is 4.79 Å². The van der Waals surface area contributed by atoms with Crippen LogP contribution in [0.1, 0.15) is 40.4 Å². The van der Waals surface area contributed by atoms with Crippen molar-refractivity contribution in [3.63, 3.8) is 0 Å². The monoisotopic (exact) mass is 441 g/mol. The minimum Gasteiger partial charge on any atom is -0.465 e. The number of amides is 1. The van der Waals surface area contributed by atoms with E-state index in [0.29, 0.717) is 22.5 Å². The molecule has 1 aliphatic heterocycles. The Balaban J connectivity index is 1.72. The minimum atomic E-state index is -0.445. The second kappa shape index (κ2) is 10.1. The van der Waals surface area contributed by atoms with Gasteiger partial charge in [-0.1, -0.05) is 55.5 Å². The van der Waals surface area contributed by atoms with Crippen molar-refractivity contribution < 1.29 is 14.3 Å². The fourth-order valence-electron chi connectivity index (χ4n) is 3.81. The van der Waals surface area contributed by atoms with Crippen LogP contribution < -0.4 is 16.0 Å². The molecule has 1 amide bonds. The predicted molar refractivity (Wildman–Crippen MR) is 132 cm³/mol. The summed E-state index contributed by atoms with van der Waals surface area (Å²) in [6.07, 6.45) is 1.10. The Hall–Kier alpha value is -3.90. The molecule has 3 aromatic carbocycles. The fraction of sp³-hybridized carbons (Fsp3) is 0.185. The van der Waals surface area contributed by atoms with Crippen LogP contribution in [0, 0.1) is 0 Å². The largest absolute Gasteiger partial charge is 0.465 e. The number of ether oxygens (including phenoxy) is 1. The lowest BCUT2D eigenvalue weighted by Crippen LogP contribution is -2.13. The number of fused-ring (bicyclic) bond motifs is 1. The number of anilines is 2. The predicted octanol–water partition coefficient (Wildman–Crippen LogP) is 4.91. The van der Waals surface area contributed by atoms with Crippen molar-refractivity contribution in [1.29, 1.82) is 0 Å². The maximum Gasteiger partial charge on any atom is 0.337 e. The van der Waals surface area contributed by atoms with E-state index in [4.69, 9.17) is 4.74 Å². The van der Waals surface area contributed by atoms with Crippen LogP contribution in [0.5, 0.6) is 0 Å². The van der Waals surface area contributed by atoms with E-state index in [1.807, 2.05) is 42.5 Å². The third-order valence-electron chi connectivity index (χ3n) is 5.48. The first-order valence-corrected chi connectivity index (χ1v) is 11.0. The highest BCUT2D eigenvalue weighted by atomic mass is 16.5. The summed E-state index contributed by atoms with van der Waals surface area (Å²) in [7, 11) is 1.34. The van der Waals surface area contributed by atoms with Crippen molar-refractivity contribution in [2.75, 3.05) is 24.3 Å². The molecule has 0 atom stereocenters. The molecule has 1 heterocycles. The molecule has 168 valence electrons. The van der Waals surface area contributed by atoms with E-state index in [0.717, 1.165) is 36.3 Å². The van der Waals surface area contributed by atoms with Gasteiger partial charge < -0.3 is 20.7 Å². The molecule has 0 unspecified atom stereocenters. The molecule has 0 fully saturated rings. The van der Waals surface area contributed by atoms with Crippen LogP contribution in [-0.4, -0.2) is 25.5 Å².